The van der Waals surface area contributed by atoms with E-state index in [0.717, 1.165) is 0 Å². The molecule has 1 rings (SSSR count). The number of nitro groups is 1. The Balaban J connectivity index is 3.07. The highest BCUT2D eigenvalue weighted by molar-refractivity contribution is 7.89. The molecule has 0 saturated carbocycles. The van der Waals surface area contributed by atoms with Gasteiger partial charge in [0.2, 0.25) is 10.0 Å². The molecule has 0 saturated heterocycles. The first-order valence-electron chi connectivity index (χ1n) is 6.62. The number of nitrogens with one attached hydrogen (secondary N) is 1. The van der Waals surface area contributed by atoms with Crippen LogP contribution >= 0.6 is 0 Å². The Hall–Kier alpha value is -1.51. The SMILES string of the molecule is CCC(O)CCNS(=O)(=O)c1cc(C)c(C)cc1[N+](=O)[O-]. The molecule has 0 aliphatic carbocycles. The van der Waals surface area contributed by atoms with Gasteiger partial charge in [0.15, 0.2) is 4.90 Å². The second kappa shape index (κ2) is 6.97. The zero-order valence-electron chi connectivity index (χ0n) is 12.3. The fourth-order valence-electron chi connectivity index (χ4n) is 1.77. The average molecular weight is 316 g/mol. The van der Waals surface area contributed by atoms with Crippen molar-refractivity contribution in [1.82, 2.24) is 4.72 Å². The summed E-state index contributed by atoms with van der Waals surface area (Å²) < 4.78 is 26.7. The monoisotopic (exact) mass is 316 g/mol. The van der Waals surface area contributed by atoms with Crippen LogP contribution in [0.5, 0.6) is 0 Å². The number of aryl methyl sites for hydroxylation is 2. The van der Waals surface area contributed by atoms with Crippen LogP contribution in [0.2, 0.25) is 0 Å². The molecule has 0 amide bonds. The van der Waals surface area contributed by atoms with Crippen molar-refractivity contribution in [3.8, 4) is 0 Å². The Bertz CT molecular complexity index is 628. The van der Waals surface area contributed by atoms with Crippen LogP contribution in [0.1, 0.15) is 30.9 Å². The summed E-state index contributed by atoms with van der Waals surface area (Å²) in [6.07, 6.45) is 0.183. The lowest BCUT2D eigenvalue weighted by molar-refractivity contribution is -0.387. The summed E-state index contributed by atoms with van der Waals surface area (Å²) in [5.41, 5.74) is 0.873. The van der Waals surface area contributed by atoms with Gasteiger partial charge in [-0.15, -0.1) is 0 Å². The number of hydrogen-bond donors (Lipinski definition) is 2. The summed E-state index contributed by atoms with van der Waals surface area (Å²) in [4.78, 5) is 9.98. The third-order valence-electron chi connectivity index (χ3n) is 3.30. The van der Waals surface area contributed by atoms with Crippen LogP contribution < -0.4 is 4.72 Å². The van der Waals surface area contributed by atoms with Crippen LogP contribution in [0.15, 0.2) is 17.0 Å². The number of benzene rings is 1. The largest absolute Gasteiger partial charge is 0.393 e. The van der Waals surface area contributed by atoms with E-state index in [1.807, 2.05) is 0 Å². The molecular formula is C13H20N2O5S. The number of nitro benzene ring substituents is 1. The molecule has 7 nitrogen and oxygen atoms in total. The molecular weight excluding hydrogens is 296 g/mol. The van der Waals surface area contributed by atoms with Gasteiger partial charge in [0.05, 0.1) is 11.0 Å². The van der Waals surface area contributed by atoms with Gasteiger partial charge in [-0.25, -0.2) is 13.1 Å². The average Bonchev–Trinajstić information content (AvgIpc) is 2.40. The molecule has 2 N–H and O–H groups in total. The quantitative estimate of drug-likeness (QED) is 0.587. The van der Waals surface area contributed by atoms with E-state index >= 15 is 0 Å². The Morgan fingerprint density at radius 1 is 1.33 bits per heavy atom. The first-order valence-corrected chi connectivity index (χ1v) is 8.10. The number of nitrogens with zero attached hydrogens (tertiary/aromatic N) is 1. The maximum atomic E-state index is 12.2. The van der Waals surface area contributed by atoms with Crippen molar-refractivity contribution in [2.75, 3.05) is 6.54 Å². The fourth-order valence-corrected chi connectivity index (χ4v) is 3.06. The fraction of sp³-hybridized carbons (Fsp3) is 0.538. The van der Waals surface area contributed by atoms with E-state index in [4.69, 9.17) is 0 Å². The molecule has 1 aromatic rings. The highest BCUT2D eigenvalue weighted by Gasteiger charge is 2.26. The van der Waals surface area contributed by atoms with E-state index in [-0.39, 0.29) is 17.9 Å². The maximum absolute atomic E-state index is 12.2. The number of sulfonamides is 1. The summed E-state index contributed by atoms with van der Waals surface area (Å²) in [5, 5.41) is 20.4. The lowest BCUT2D eigenvalue weighted by Gasteiger charge is -2.11. The van der Waals surface area contributed by atoms with Crippen LogP contribution in [-0.4, -0.2) is 31.1 Å². The summed E-state index contributed by atoms with van der Waals surface area (Å²) in [5.74, 6) is 0. The molecule has 1 unspecified atom stereocenters. The molecule has 8 heteroatoms. The van der Waals surface area contributed by atoms with Gasteiger partial charge in [0, 0.05) is 12.6 Å². The molecule has 1 atom stereocenters. The molecule has 0 heterocycles. The second-order valence-electron chi connectivity index (χ2n) is 4.91. The predicted octanol–water partition coefficient (Wildman–Crippen LogP) is 1.65. The van der Waals surface area contributed by atoms with Crippen molar-refractivity contribution in [2.45, 2.75) is 44.6 Å². The molecule has 21 heavy (non-hydrogen) atoms. The predicted molar refractivity (Wildman–Crippen MR) is 78.7 cm³/mol. The molecule has 0 radical (unpaired) electrons. The lowest BCUT2D eigenvalue weighted by atomic mass is 10.1. The van der Waals surface area contributed by atoms with Crippen LogP contribution in [0.4, 0.5) is 5.69 Å². The molecule has 1 aromatic carbocycles. The van der Waals surface area contributed by atoms with Crippen molar-refractivity contribution >= 4 is 15.7 Å². The van der Waals surface area contributed by atoms with E-state index in [2.05, 4.69) is 4.72 Å². The Morgan fingerprint density at radius 3 is 2.43 bits per heavy atom. The minimum atomic E-state index is -3.98. The van der Waals surface area contributed by atoms with Gasteiger partial charge in [-0.3, -0.25) is 10.1 Å². The number of rotatable bonds is 7. The van der Waals surface area contributed by atoms with Crippen molar-refractivity contribution < 1.29 is 18.4 Å². The molecule has 0 aliphatic heterocycles. The maximum Gasteiger partial charge on any atom is 0.289 e. The minimum absolute atomic E-state index is 0.0292. The van der Waals surface area contributed by atoms with Crippen LogP contribution in [0, 0.1) is 24.0 Å². The van der Waals surface area contributed by atoms with Crippen molar-refractivity contribution in [3.63, 3.8) is 0 Å². The number of aliphatic hydroxyl groups excluding tert-OH is 1. The van der Waals surface area contributed by atoms with E-state index < -0.39 is 26.7 Å². The second-order valence-corrected chi connectivity index (χ2v) is 6.65. The highest BCUT2D eigenvalue weighted by Crippen LogP contribution is 2.27. The van der Waals surface area contributed by atoms with Crippen LogP contribution in [0.25, 0.3) is 0 Å². The molecule has 0 bridgehead atoms. The Kier molecular flexibility index (Phi) is 5.82. The van der Waals surface area contributed by atoms with E-state index in [0.29, 0.717) is 17.5 Å². The van der Waals surface area contributed by atoms with Gasteiger partial charge < -0.3 is 5.11 Å². The van der Waals surface area contributed by atoms with Gasteiger partial charge >= 0.3 is 0 Å². The Morgan fingerprint density at radius 2 is 1.90 bits per heavy atom. The van der Waals surface area contributed by atoms with Gasteiger partial charge in [-0.1, -0.05) is 6.92 Å². The van der Waals surface area contributed by atoms with Gasteiger partial charge in [0.25, 0.3) is 5.69 Å². The normalized spacial score (nSPS) is 13.1. The topological polar surface area (TPSA) is 110 Å². The standard InChI is InChI=1S/C13H20N2O5S/c1-4-11(16)5-6-14-21(19,20)13-8-10(3)9(2)7-12(13)15(17)18/h7-8,11,14,16H,4-6H2,1-3H3. The van der Waals surface area contributed by atoms with Gasteiger partial charge in [-0.2, -0.15) is 0 Å². The summed E-state index contributed by atoms with van der Waals surface area (Å²) in [6.45, 7) is 5.19. The zero-order valence-corrected chi connectivity index (χ0v) is 13.1. The molecule has 0 fully saturated rings. The van der Waals surface area contributed by atoms with E-state index in [9.17, 15) is 23.6 Å². The van der Waals surface area contributed by atoms with E-state index in [1.54, 1.807) is 20.8 Å². The molecule has 0 aliphatic rings. The van der Waals surface area contributed by atoms with Crippen LogP contribution in [0.3, 0.4) is 0 Å². The third-order valence-corrected chi connectivity index (χ3v) is 4.79. The van der Waals surface area contributed by atoms with Crippen molar-refractivity contribution in [1.29, 1.82) is 0 Å². The lowest BCUT2D eigenvalue weighted by Crippen LogP contribution is -2.28. The summed E-state index contributed by atoms with van der Waals surface area (Å²) >= 11 is 0. The summed E-state index contributed by atoms with van der Waals surface area (Å²) in [7, 11) is -3.98. The van der Waals surface area contributed by atoms with E-state index in [1.165, 1.54) is 12.1 Å². The van der Waals surface area contributed by atoms with Crippen LogP contribution in [-0.2, 0) is 10.0 Å². The Labute approximate surface area is 124 Å². The molecule has 118 valence electrons. The smallest absolute Gasteiger partial charge is 0.289 e. The van der Waals surface area contributed by atoms with Crippen molar-refractivity contribution in [3.05, 3.63) is 33.4 Å². The van der Waals surface area contributed by atoms with Gasteiger partial charge in [0.1, 0.15) is 0 Å². The summed E-state index contributed by atoms with van der Waals surface area (Å²) in [6, 6.07) is 2.55. The third kappa shape index (κ3) is 4.48. The number of hydrogen-bond acceptors (Lipinski definition) is 5. The first-order chi connectivity index (χ1) is 9.69. The highest BCUT2D eigenvalue weighted by atomic mass is 32.2. The van der Waals surface area contributed by atoms with Crippen molar-refractivity contribution in [2.24, 2.45) is 0 Å². The van der Waals surface area contributed by atoms with Gasteiger partial charge in [-0.05, 0) is 43.9 Å². The minimum Gasteiger partial charge on any atom is -0.393 e. The zero-order chi connectivity index (χ0) is 16.2. The first kappa shape index (κ1) is 17.5. The number of aliphatic hydroxyl groups is 1. The molecule has 0 aromatic heterocycles. The molecule has 0 spiro atoms.